The number of hydrogen-bond donors (Lipinski definition) is 1. The second-order valence-electron chi connectivity index (χ2n) is 5.09. The van der Waals surface area contributed by atoms with Gasteiger partial charge in [-0.2, -0.15) is 0 Å². The number of fused-ring (bicyclic) bond motifs is 3. The Morgan fingerprint density at radius 2 is 1.90 bits per heavy atom. The van der Waals surface area contributed by atoms with Gasteiger partial charge in [-0.25, -0.2) is 0 Å². The van der Waals surface area contributed by atoms with E-state index in [-0.39, 0.29) is 0 Å². The van der Waals surface area contributed by atoms with Crippen LogP contribution in [0.25, 0.3) is 11.1 Å². The van der Waals surface area contributed by atoms with Gasteiger partial charge in [0, 0.05) is 28.1 Å². The van der Waals surface area contributed by atoms with Gasteiger partial charge in [-0.3, -0.25) is 9.78 Å². The normalized spacial score (nSPS) is 16.1. The molecule has 0 spiro atoms. The molecule has 0 radical (unpaired) electrons. The number of carbonyl (C=O) groups excluding carboxylic acids is 1. The Balaban J connectivity index is 2.40. The summed E-state index contributed by atoms with van der Waals surface area (Å²) in [5.74, 6) is 0.200. The van der Waals surface area contributed by atoms with Crippen LogP contribution in [0.1, 0.15) is 28.6 Å². The number of pyridine rings is 1. The Bertz CT molecular complexity index is 723. The smallest absolute Gasteiger partial charge is 0.263 e. The first-order chi connectivity index (χ1) is 9.50. The number of nitrogens with two attached hydrogens (primary N) is 1. The van der Waals surface area contributed by atoms with Crippen LogP contribution in [0.3, 0.4) is 0 Å². The number of benzene rings is 1. The number of hydrogen-bond acceptors (Lipinski definition) is 3. The molecule has 4 nitrogen and oxygen atoms in total. The Labute approximate surface area is 117 Å². The second kappa shape index (κ2) is 4.34. The molecule has 1 unspecified atom stereocenters. The molecule has 3 rings (SSSR count). The number of nitrogens with zero attached hydrogens (tertiary/aromatic N) is 1. The molecule has 0 saturated carbocycles. The average molecular weight is 268 g/mol. The fourth-order valence-corrected chi connectivity index (χ4v) is 2.80. The topological polar surface area (TPSA) is 65.2 Å². The van der Waals surface area contributed by atoms with Crippen LogP contribution in [0.2, 0.25) is 0 Å². The predicted molar refractivity (Wildman–Crippen MR) is 76.4 cm³/mol. The highest BCUT2D eigenvalue weighted by Gasteiger charge is 2.33. The third kappa shape index (κ3) is 1.68. The number of aryl methyl sites for hydroxylation is 2. The first-order valence-electron chi connectivity index (χ1n) is 6.53. The van der Waals surface area contributed by atoms with Gasteiger partial charge in [0.25, 0.3) is 5.91 Å². The summed E-state index contributed by atoms with van der Waals surface area (Å²) in [5, 5.41) is 0. The van der Waals surface area contributed by atoms with Crippen molar-refractivity contribution in [3.8, 4) is 16.9 Å². The van der Waals surface area contributed by atoms with Crippen molar-refractivity contribution in [1.82, 2.24) is 4.98 Å². The van der Waals surface area contributed by atoms with Crippen molar-refractivity contribution in [2.45, 2.75) is 26.9 Å². The fourth-order valence-electron chi connectivity index (χ4n) is 2.80. The van der Waals surface area contributed by atoms with E-state index in [4.69, 9.17) is 10.5 Å². The first-order valence-corrected chi connectivity index (χ1v) is 6.53. The summed E-state index contributed by atoms with van der Waals surface area (Å²) >= 11 is 0. The van der Waals surface area contributed by atoms with Crippen molar-refractivity contribution in [3.05, 3.63) is 46.8 Å². The number of amides is 1. The highest BCUT2D eigenvalue weighted by atomic mass is 16.5. The zero-order valence-corrected chi connectivity index (χ0v) is 11.7. The summed E-state index contributed by atoms with van der Waals surface area (Å²) < 4.78 is 5.81. The monoisotopic (exact) mass is 268 g/mol. The summed E-state index contributed by atoms with van der Waals surface area (Å²) in [5.41, 5.74) is 11.1. The lowest BCUT2D eigenvalue weighted by Gasteiger charge is -2.29. The van der Waals surface area contributed by atoms with Crippen molar-refractivity contribution in [2.24, 2.45) is 5.73 Å². The van der Waals surface area contributed by atoms with Gasteiger partial charge in [-0.05, 0) is 32.4 Å². The molecular formula is C16H16N2O2. The Morgan fingerprint density at radius 1 is 1.20 bits per heavy atom. The van der Waals surface area contributed by atoms with Crippen molar-refractivity contribution < 1.29 is 9.53 Å². The van der Waals surface area contributed by atoms with Crippen LogP contribution in [0.4, 0.5) is 0 Å². The van der Waals surface area contributed by atoms with E-state index in [2.05, 4.69) is 4.98 Å². The van der Waals surface area contributed by atoms with Crippen molar-refractivity contribution in [2.75, 3.05) is 0 Å². The lowest BCUT2D eigenvalue weighted by molar-refractivity contribution is -0.125. The SMILES string of the molecule is Cc1nc(C)c2c(c1C)C(C(N)=O)Oc1ccccc1-2. The van der Waals surface area contributed by atoms with Gasteiger partial charge in [0.2, 0.25) is 6.10 Å². The molecule has 0 aliphatic carbocycles. The number of carbonyl (C=O) groups is 1. The molecule has 2 aromatic rings. The maximum absolute atomic E-state index is 11.8. The second-order valence-corrected chi connectivity index (χ2v) is 5.09. The highest BCUT2D eigenvalue weighted by Crippen LogP contribution is 2.44. The third-order valence-electron chi connectivity index (χ3n) is 3.84. The number of rotatable bonds is 1. The number of primary amides is 1. The van der Waals surface area contributed by atoms with E-state index in [9.17, 15) is 4.79 Å². The van der Waals surface area contributed by atoms with Gasteiger partial charge >= 0.3 is 0 Å². The lowest BCUT2D eigenvalue weighted by Crippen LogP contribution is -2.30. The zero-order chi connectivity index (χ0) is 14.4. The minimum Gasteiger partial charge on any atom is -0.475 e. The molecule has 2 heterocycles. The molecule has 2 N–H and O–H groups in total. The molecule has 20 heavy (non-hydrogen) atoms. The van der Waals surface area contributed by atoms with Gasteiger partial charge in [0.05, 0.1) is 0 Å². The average Bonchev–Trinajstić information content (AvgIpc) is 2.42. The van der Waals surface area contributed by atoms with Crippen LogP contribution < -0.4 is 10.5 Å². The lowest BCUT2D eigenvalue weighted by atomic mass is 9.88. The summed E-state index contributed by atoms with van der Waals surface area (Å²) in [6.07, 6.45) is -0.750. The highest BCUT2D eigenvalue weighted by molar-refractivity contribution is 5.89. The largest absolute Gasteiger partial charge is 0.475 e. The standard InChI is InChI=1S/C16H16N2O2/c1-8-9(2)18-10(3)14-11-6-4-5-7-12(11)20-15(13(8)14)16(17)19/h4-7,15H,1-3H3,(H2,17,19). The first kappa shape index (κ1) is 12.7. The molecule has 1 amide bonds. The molecule has 1 atom stereocenters. The zero-order valence-electron chi connectivity index (χ0n) is 11.7. The van der Waals surface area contributed by atoms with E-state index in [0.29, 0.717) is 5.75 Å². The van der Waals surface area contributed by atoms with Gasteiger partial charge in [-0.1, -0.05) is 18.2 Å². The van der Waals surface area contributed by atoms with Crippen molar-refractivity contribution in [1.29, 1.82) is 0 Å². The van der Waals surface area contributed by atoms with Crippen LogP contribution in [0, 0.1) is 20.8 Å². The fraction of sp³-hybridized carbons (Fsp3) is 0.250. The Hall–Kier alpha value is -2.36. The molecule has 1 aliphatic rings. The van der Waals surface area contributed by atoms with Crippen LogP contribution in [-0.2, 0) is 4.79 Å². The predicted octanol–water partition coefficient (Wildman–Crippen LogP) is 2.59. The molecule has 4 heteroatoms. The molecule has 0 fully saturated rings. The van der Waals surface area contributed by atoms with Crippen LogP contribution >= 0.6 is 0 Å². The molecule has 1 aliphatic heterocycles. The van der Waals surface area contributed by atoms with Gasteiger partial charge < -0.3 is 10.5 Å². The summed E-state index contributed by atoms with van der Waals surface area (Å²) in [6.45, 7) is 5.83. The number of para-hydroxylation sites is 1. The Kier molecular flexibility index (Phi) is 2.74. The van der Waals surface area contributed by atoms with Crippen LogP contribution in [0.5, 0.6) is 5.75 Å². The van der Waals surface area contributed by atoms with Crippen molar-refractivity contribution in [3.63, 3.8) is 0 Å². The van der Waals surface area contributed by atoms with E-state index in [1.807, 2.05) is 45.0 Å². The maximum Gasteiger partial charge on any atom is 0.263 e. The number of aromatic nitrogens is 1. The van der Waals surface area contributed by atoms with E-state index >= 15 is 0 Å². The molecule has 1 aromatic heterocycles. The van der Waals surface area contributed by atoms with Gasteiger partial charge in [0.1, 0.15) is 5.75 Å². The Morgan fingerprint density at radius 3 is 2.60 bits per heavy atom. The number of ether oxygens (including phenoxy) is 1. The van der Waals surface area contributed by atoms with E-state index in [0.717, 1.165) is 33.6 Å². The van der Waals surface area contributed by atoms with Crippen LogP contribution in [0.15, 0.2) is 24.3 Å². The van der Waals surface area contributed by atoms with E-state index in [1.54, 1.807) is 0 Å². The summed E-state index contributed by atoms with van der Waals surface area (Å²) in [4.78, 5) is 16.3. The van der Waals surface area contributed by atoms with Crippen LogP contribution in [-0.4, -0.2) is 10.9 Å². The van der Waals surface area contributed by atoms with Crippen molar-refractivity contribution >= 4 is 5.91 Å². The molecule has 0 saturated heterocycles. The van der Waals surface area contributed by atoms with Gasteiger partial charge in [-0.15, -0.1) is 0 Å². The molecule has 102 valence electrons. The quantitative estimate of drug-likeness (QED) is 0.864. The minimum absolute atomic E-state index is 0.478. The van der Waals surface area contributed by atoms with E-state index in [1.165, 1.54) is 0 Å². The summed E-state index contributed by atoms with van der Waals surface area (Å²) in [7, 11) is 0. The van der Waals surface area contributed by atoms with Gasteiger partial charge in [0.15, 0.2) is 0 Å². The molecular weight excluding hydrogens is 252 g/mol. The molecule has 1 aromatic carbocycles. The van der Waals surface area contributed by atoms with E-state index < -0.39 is 12.0 Å². The third-order valence-corrected chi connectivity index (χ3v) is 3.84. The minimum atomic E-state index is -0.750. The molecule has 0 bridgehead atoms. The summed E-state index contributed by atoms with van der Waals surface area (Å²) in [6, 6.07) is 7.66. The maximum atomic E-state index is 11.8.